The molecule has 6 nitrogen and oxygen atoms in total. The number of nitrogens with zero attached hydrogens (tertiary/aromatic N) is 4. The molecule has 0 amide bonds. The van der Waals surface area contributed by atoms with Gasteiger partial charge < -0.3 is 9.84 Å². The highest BCUT2D eigenvalue weighted by Crippen LogP contribution is 2.23. The van der Waals surface area contributed by atoms with Crippen LogP contribution in [0.5, 0.6) is 0 Å². The van der Waals surface area contributed by atoms with E-state index in [1.54, 1.807) is 6.92 Å². The Balaban J connectivity index is 2.19. The van der Waals surface area contributed by atoms with E-state index in [2.05, 4.69) is 25.4 Å². The van der Waals surface area contributed by atoms with Crippen molar-refractivity contribution in [3.8, 4) is 0 Å². The van der Waals surface area contributed by atoms with E-state index < -0.39 is 0 Å². The van der Waals surface area contributed by atoms with E-state index in [1.165, 1.54) is 0 Å². The Bertz CT molecular complexity index is 581. The number of nitrogens with one attached hydrogen (secondary N) is 1. The molecule has 2 rings (SSSR count). The molecule has 0 radical (unpaired) electrons. The zero-order chi connectivity index (χ0) is 14.0. The molecule has 0 unspecified atom stereocenters. The number of aryl methyl sites for hydroxylation is 1. The molecule has 7 heteroatoms. The first-order chi connectivity index (χ1) is 8.97. The molecule has 0 aliphatic rings. The second-order valence-electron chi connectivity index (χ2n) is 4.59. The van der Waals surface area contributed by atoms with Gasteiger partial charge in [-0.3, -0.25) is 0 Å². The minimum atomic E-state index is 0.212. The molecule has 0 bridgehead atoms. The molecule has 0 saturated carbocycles. The van der Waals surface area contributed by atoms with Gasteiger partial charge in [0.15, 0.2) is 5.82 Å². The summed E-state index contributed by atoms with van der Waals surface area (Å²) in [5, 5.41) is 7.34. The minimum absolute atomic E-state index is 0.212. The van der Waals surface area contributed by atoms with Gasteiger partial charge in [-0.25, -0.2) is 9.97 Å². The van der Waals surface area contributed by atoms with Crippen molar-refractivity contribution >= 4 is 17.4 Å². The molecule has 0 aliphatic heterocycles. The fraction of sp³-hybridized carbons (Fsp3) is 0.500. The molecule has 2 heterocycles. The second kappa shape index (κ2) is 5.52. The molecule has 1 N–H and O–H groups in total. The van der Waals surface area contributed by atoms with Crippen LogP contribution in [0.1, 0.15) is 42.9 Å². The summed E-state index contributed by atoms with van der Waals surface area (Å²) in [5.41, 5.74) is 0.808. The zero-order valence-electron chi connectivity index (χ0n) is 11.4. The van der Waals surface area contributed by atoms with Crippen LogP contribution >= 0.6 is 11.6 Å². The molecule has 0 fully saturated rings. The van der Waals surface area contributed by atoms with E-state index in [1.807, 2.05) is 20.8 Å². The summed E-state index contributed by atoms with van der Waals surface area (Å²) in [6, 6.07) is 0. The molecule has 0 atom stereocenters. The molecule has 102 valence electrons. The van der Waals surface area contributed by atoms with Crippen LogP contribution in [0.2, 0.25) is 5.15 Å². The quantitative estimate of drug-likeness (QED) is 0.869. The normalized spacial score (nSPS) is 11.1. The second-order valence-corrected chi connectivity index (χ2v) is 4.95. The largest absolute Gasteiger partial charge is 0.361 e. The molecular formula is C12H16ClN5O. The van der Waals surface area contributed by atoms with Gasteiger partial charge in [-0.15, -0.1) is 0 Å². The van der Waals surface area contributed by atoms with Crippen molar-refractivity contribution in [3.05, 3.63) is 28.3 Å². The number of halogens is 1. The molecule has 2 aromatic rings. The van der Waals surface area contributed by atoms with E-state index >= 15 is 0 Å². The fourth-order valence-electron chi connectivity index (χ4n) is 1.51. The Labute approximate surface area is 116 Å². The van der Waals surface area contributed by atoms with Crippen LogP contribution in [0.15, 0.2) is 4.52 Å². The molecule has 0 aliphatic carbocycles. The summed E-state index contributed by atoms with van der Waals surface area (Å²) in [6.07, 6.45) is 0. The van der Waals surface area contributed by atoms with E-state index in [9.17, 15) is 0 Å². The van der Waals surface area contributed by atoms with Gasteiger partial charge in [0.1, 0.15) is 16.8 Å². The lowest BCUT2D eigenvalue weighted by atomic mass is 10.2. The van der Waals surface area contributed by atoms with E-state index in [4.69, 9.17) is 16.1 Å². The van der Waals surface area contributed by atoms with Gasteiger partial charge in [0.2, 0.25) is 5.89 Å². The number of hydrogen-bond acceptors (Lipinski definition) is 6. The van der Waals surface area contributed by atoms with Gasteiger partial charge in [-0.1, -0.05) is 30.6 Å². The summed E-state index contributed by atoms with van der Waals surface area (Å²) < 4.78 is 5.03. The Morgan fingerprint density at radius 3 is 2.53 bits per heavy atom. The van der Waals surface area contributed by atoms with Crippen LogP contribution in [0, 0.1) is 13.8 Å². The van der Waals surface area contributed by atoms with Crippen molar-refractivity contribution in [3.63, 3.8) is 0 Å². The van der Waals surface area contributed by atoms with Crippen molar-refractivity contribution in [2.45, 2.75) is 40.2 Å². The summed E-state index contributed by atoms with van der Waals surface area (Å²) in [7, 11) is 0. The van der Waals surface area contributed by atoms with Gasteiger partial charge >= 0.3 is 0 Å². The molecule has 19 heavy (non-hydrogen) atoms. The predicted molar refractivity (Wildman–Crippen MR) is 72.2 cm³/mol. The number of anilines is 1. The number of rotatable bonds is 4. The predicted octanol–water partition coefficient (Wildman–Crippen LogP) is 2.87. The molecular weight excluding hydrogens is 266 g/mol. The van der Waals surface area contributed by atoms with E-state index in [-0.39, 0.29) is 5.92 Å². The van der Waals surface area contributed by atoms with Crippen LogP contribution in [0.4, 0.5) is 5.82 Å². The minimum Gasteiger partial charge on any atom is -0.361 e. The third-order valence-electron chi connectivity index (χ3n) is 2.60. The molecule has 0 spiro atoms. The first-order valence-corrected chi connectivity index (χ1v) is 6.42. The van der Waals surface area contributed by atoms with Gasteiger partial charge in [-0.2, -0.15) is 4.98 Å². The average molecular weight is 282 g/mol. The fourth-order valence-corrected chi connectivity index (χ4v) is 1.68. The third-order valence-corrected chi connectivity index (χ3v) is 2.96. The maximum Gasteiger partial charge on any atom is 0.245 e. The maximum atomic E-state index is 6.11. The van der Waals surface area contributed by atoms with E-state index in [0.717, 1.165) is 5.56 Å². The van der Waals surface area contributed by atoms with Crippen LogP contribution in [0.25, 0.3) is 0 Å². The maximum absolute atomic E-state index is 6.11. The van der Waals surface area contributed by atoms with Crippen LogP contribution in [0.3, 0.4) is 0 Å². The summed E-state index contributed by atoms with van der Waals surface area (Å²) in [5.74, 6) is 2.73. The highest BCUT2D eigenvalue weighted by Gasteiger charge is 2.12. The standard InChI is InChI=1S/C12H16ClN5O/c1-6(2)11-16-10(13)7(3)12(17-11)14-5-9-15-8(4)18-19-9/h6H,5H2,1-4H3,(H,14,16,17). The van der Waals surface area contributed by atoms with E-state index in [0.29, 0.717) is 35.1 Å². The molecule has 2 aromatic heterocycles. The van der Waals surface area contributed by atoms with Crippen molar-refractivity contribution in [1.29, 1.82) is 0 Å². The summed E-state index contributed by atoms with van der Waals surface area (Å²) in [4.78, 5) is 12.8. The first kappa shape index (κ1) is 13.7. The average Bonchev–Trinajstić information content (AvgIpc) is 2.76. The Morgan fingerprint density at radius 2 is 1.95 bits per heavy atom. The lowest BCUT2D eigenvalue weighted by molar-refractivity contribution is 0.379. The van der Waals surface area contributed by atoms with Crippen LogP contribution in [-0.4, -0.2) is 20.1 Å². The lowest BCUT2D eigenvalue weighted by Crippen LogP contribution is -2.08. The SMILES string of the molecule is Cc1noc(CNc2nc(C(C)C)nc(Cl)c2C)n1. The molecule has 0 aromatic carbocycles. The van der Waals surface area contributed by atoms with Crippen LogP contribution < -0.4 is 5.32 Å². The topological polar surface area (TPSA) is 76.7 Å². The van der Waals surface area contributed by atoms with Gasteiger partial charge in [0.05, 0.1) is 6.54 Å². The highest BCUT2D eigenvalue weighted by atomic mass is 35.5. The smallest absolute Gasteiger partial charge is 0.245 e. The Kier molecular flexibility index (Phi) is 3.99. The number of aromatic nitrogens is 4. The van der Waals surface area contributed by atoms with Crippen molar-refractivity contribution in [1.82, 2.24) is 20.1 Å². The third kappa shape index (κ3) is 3.20. The monoisotopic (exact) mass is 281 g/mol. The highest BCUT2D eigenvalue weighted by molar-refractivity contribution is 6.30. The Morgan fingerprint density at radius 1 is 1.21 bits per heavy atom. The van der Waals surface area contributed by atoms with Gasteiger partial charge in [0.25, 0.3) is 0 Å². The number of hydrogen-bond donors (Lipinski definition) is 1. The Hall–Kier alpha value is -1.69. The van der Waals surface area contributed by atoms with Gasteiger partial charge in [-0.05, 0) is 13.8 Å². The zero-order valence-corrected chi connectivity index (χ0v) is 12.1. The summed E-state index contributed by atoms with van der Waals surface area (Å²) >= 11 is 6.11. The van der Waals surface area contributed by atoms with Crippen LogP contribution in [-0.2, 0) is 6.54 Å². The van der Waals surface area contributed by atoms with Crippen molar-refractivity contribution in [2.24, 2.45) is 0 Å². The van der Waals surface area contributed by atoms with Crippen molar-refractivity contribution in [2.75, 3.05) is 5.32 Å². The summed E-state index contributed by atoms with van der Waals surface area (Å²) in [6.45, 7) is 8.09. The lowest BCUT2D eigenvalue weighted by Gasteiger charge is -2.11. The first-order valence-electron chi connectivity index (χ1n) is 6.04. The molecule has 0 saturated heterocycles. The van der Waals surface area contributed by atoms with Gasteiger partial charge in [0, 0.05) is 11.5 Å². The van der Waals surface area contributed by atoms with Crippen molar-refractivity contribution < 1.29 is 4.52 Å².